The van der Waals surface area contributed by atoms with Crippen LogP contribution in [0.25, 0.3) is 0 Å². The molecule has 0 heterocycles. The highest BCUT2D eigenvalue weighted by Gasteiger charge is 2.04. The largest absolute Gasteiger partial charge is 0.396 e. The van der Waals surface area contributed by atoms with Gasteiger partial charge in [-0.25, -0.2) is 0 Å². The van der Waals surface area contributed by atoms with Gasteiger partial charge in [0, 0.05) is 6.61 Å². The lowest BCUT2D eigenvalue weighted by Crippen LogP contribution is -2.04. The standard InChI is InChI=1S/C42H84O2/c1-3-5-6-7-8-9-10-11-12-13-14-15-16-17-18-19-20-21-22-23-24-25-26-27-28-30-33-37-41(40-43)38-34-31-29-32-35-39-42(44)36-4-2/h34,38,41-44H,3-33,35-37,39-40H2,1-2H3/b38-34+. The van der Waals surface area contributed by atoms with E-state index in [1.165, 1.54) is 186 Å². The molecule has 2 nitrogen and oxygen atoms in total. The molecule has 2 unspecified atom stereocenters. The second kappa shape index (κ2) is 38.8. The summed E-state index contributed by atoms with van der Waals surface area (Å²) in [6, 6.07) is 0. The van der Waals surface area contributed by atoms with E-state index < -0.39 is 0 Å². The third-order valence-electron chi connectivity index (χ3n) is 9.85. The Hall–Kier alpha value is -0.340. The molecule has 0 aromatic rings. The Bertz CT molecular complexity index is 530. The van der Waals surface area contributed by atoms with Crippen molar-refractivity contribution in [1.29, 1.82) is 0 Å². The monoisotopic (exact) mass is 621 g/mol. The second-order valence-corrected chi connectivity index (χ2v) is 14.4. The molecule has 0 aliphatic rings. The van der Waals surface area contributed by atoms with Crippen LogP contribution in [0.3, 0.4) is 0 Å². The van der Waals surface area contributed by atoms with E-state index in [9.17, 15) is 10.2 Å². The van der Waals surface area contributed by atoms with Crippen molar-refractivity contribution < 1.29 is 10.2 Å². The molecule has 0 aliphatic heterocycles. The van der Waals surface area contributed by atoms with Crippen LogP contribution < -0.4 is 0 Å². The van der Waals surface area contributed by atoms with Gasteiger partial charge in [-0.15, -0.1) is 0 Å². The van der Waals surface area contributed by atoms with Crippen molar-refractivity contribution in [3.05, 3.63) is 12.2 Å². The van der Waals surface area contributed by atoms with E-state index in [0.29, 0.717) is 12.5 Å². The van der Waals surface area contributed by atoms with Crippen molar-refractivity contribution in [3.63, 3.8) is 0 Å². The Kier molecular flexibility index (Phi) is 38.5. The van der Waals surface area contributed by atoms with Gasteiger partial charge in [0.05, 0.1) is 6.10 Å². The molecule has 0 aromatic carbocycles. The normalized spacial score (nSPS) is 13.3. The number of unbranched alkanes of at least 4 members (excludes halogenated alkanes) is 29. The molecule has 2 atom stereocenters. The summed E-state index contributed by atoms with van der Waals surface area (Å²) in [6.07, 6.45) is 52.1. The minimum Gasteiger partial charge on any atom is -0.396 e. The molecule has 0 amide bonds. The molecule has 0 spiro atoms. The Morgan fingerprint density at radius 1 is 0.386 bits per heavy atom. The van der Waals surface area contributed by atoms with Gasteiger partial charge in [-0.1, -0.05) is 219 Å². The van der Waals surface area contributed by atoms with Crippen molar-refractivity contribution in [2.75, 3.05) is 6.61 Å². The van der Waals surface area contributed by atoms with E-state index in [-0.39, 0.29) is 6.10 Å². The van der Waals surface area contributed by atoms with Crippen LogP contribution in [0.2, 0.25) is 0 Å². The van der Waals surface area contributed by atoms with Crippen LogP contribution >= 0.6 is 0 Å². The highest BCUT2D eigenvalue weighted by atomic mass is 16.3. The van der Waals surface area contributed by atoms with E-state index in [4.69, 9.17) is 0 Å². The quantitative estimate of drug-likeness (QED) is 0.0532. The van der Waals surface area contributed by atoms with Crippen LogP contribution in [0.15, 0.2) is 12.2 Å². The number of hydrogen-bond acceptors (Lipinski definition) is 2. The zero-order valence-corrected chi connectivity index (χ0v) is 30.7. The molecule has 264 valence electrons. The first-order valence-corrected chi connectivity index (χ1v) is 20.7. The summed E-state index contributed by atoms with van der Waals surface area (Å²) >= 11 is 0. The average Bonchev–Trinajstić information content (AvgIpc) is 3.03. The van der Waals surface area contributed by atoms with E-state index in [1.54, 1.807) is 0 Å². The highest BCUT2D eigenvalue weighted by molar-refractivity contribution is 4.88. The molecule has 0 saturated heterocycles. The van der Waals surface area contributed by atoms with Crippen molar-refractivity contribution in [2.24, 2.45) is 5.92 Å². The van der Waals surface area contributed by atoms with Gasteiger partial charge in [-0.05, 0) is 38.0 Å². The van der Waals surface area contributed by atoms with Gasteiger partial charge in [0.2, 0.25) is 0 Å². The second-order valence-electron chi connectivity index (χ2n) is 14.4. The predicted octanol–water partition coefficient (Wildman–Crippen LogP) is 14.2. The SMILES string of the molecule is CCCCCCCCCCCCCCCCCCCCCCCCCCCCCC(/C=C/CCCCCC(O)CCC)CO. The minimum atomic E-state index is -0.0949. The van der Waals surface area contributed by atoms with Crippen LogP contribution in [-0.2, 0) is 0 Å². The Balaban J connectivity index is 3.25. The zero-order chi connectivity index (χ0) is 32.0. The van der Waals surface area contributed by atoms with Crippen LogP contribution in [0.4, 0.5) is 0 Å². The van der Waals surface area contributed by atoms with Crippen LogP contribution in [0, 0.1) is 5.92 Å². The molecule has 0 fully saturated rings. The number of rotatable bonds is 38. The predicted molar refractivity (Wildman–Crippen MR) is 199 cm³/mol. The van der Waals surface area contributed by atoms with Crippen molar-refractivity contribution >= 4 is 0 Å². The van der Waals surface area contributed by atoms with E-state index in [0.717, 1.165) is 38.5 Å². The summed E-state index contributed by atoms with van der Waals surface area (Å²) in [6.45, 7) is 4.73. The smallest absolute Gasteiger partial charge is 0.0540 e. The Morgan fingerprint density at radius 3 is 1.09 bits per heavy atom. The Labute approximate surface area is 279 Å². The average molecular weight is 621 g/mol. The minimum absolute atomic E-state index is 0.0949. The maximum Gasteiger partial charge on any atom is 0.0540 e. The highest BCUT2D eigenvalue weighted by Crippen LogP contribution is 2.18. The van der Waals surface area contributed by atoms with Gasteiger partial charge in [0.15, 0.2) is 0 Å². The van der Waals surface area contributed by atoms with Crippen LogP contribution in [0.5, 0.6) is 0 Å². The molecule has 0 rings (SSSR count). The summed E-state index contributed by atoms with van der Waals surface area (Å²) in [5.74, 6) is 0.348. The molecule has 0 bridgehead atoms. The fraction of sp³-hybridized carbons (Fsp3) is 0.952. The Morgan fingerprint density at radius 2 is 0.727 bits per heavy atom. The maximum absolute atomic E-state index is 9.80. The number of allylic oxidation sites excluding steroid dienone is 1. The van der Waals surface area contributed by atoms with E-state index in [1.807, 2.05) is 0 Å². The van der Waals surface area contributed by atoms with Gasteiger partial charge >= 0.3 is 0 Å². The number of hydrogen-bond donors (Lipinski definition) is 2. The molecular formula is C42H84O2. The summed E-state index contributed by atoms with van der Waals surface area (Å²) < 4.78 is 0. The molecule has 0 aliphatic carbocycles. The summed E-state index contributed by atoms with van der Waals surface area (Å²) in [5.41, 5.74) is 0. The van der Waals surface area contributed by atoms with Gasteiger partial charge in [0.1, 0.15) is 0 Å². The van der Waals surface area contributed by atoms with Crippen molar-refractivity contribution in [3.8, 4) is 0 Å². The fourth-order valence-electron chi connectivity index (χ4n) is 6.73. The number of aliphatic hydroxyl groups excluding tert-OH is 2. The first-order chi connectivity index (χ1) is 21.7. The van der Waals surface area contributed by atoms with Gasteiger partial charge in [-0.3, -0.25) is 0 Å². The first kappa shape index (κ1) is 43.7. The van der Waals surface area contributed by atoms with Gasteiger partial charge < -0.3 is 10.2 Å². The van der Waals surface area contributed by atoms with Gasteiger partial charge in [0.25, 0.3) is 0 Å². The summed E-state index contributed by atoms with van der Waals surface area (Å²) in [4.78, 5) is 0. The lowest BCUT2D eigenvalue weighted by atomic mass is 9.99. The van der Waals surface area contributed by atoms with Crippen LogP contribution in [-0.4, -0.2) is 22.9 Å². The molecule has 0 aromatic heterocycles. The maximum atomic E-state index is 9.80. The third-order valence-corrected chi connectivity index (χ3v) is 9.85. The summed E-state index contributed by atoms with van der Waals surface area (Å²) in [5, 5.41) is 19.5. The zero-order valence-electron chi connectivity index (χ0n) is 30.7. The van der Waals surface area contributed by atoms with Crippen molar-refractivity contribution in [1.82, 2.24) is 0 Å². The molecular weight excluding hydrogens is 536 g/mol. The van der Waals surface area contributed by atoms with E-state index in [2.05, 4.69) is 26.0 Å². The van der Waals surface area contributed by atoms with E-state index >= 15 is 0 Å². The third kappa shape index (κ3) is 36.1. The lowest BCUT2D eigenvalue weighted by Gasteiger charge is -2.09. The molecule has 0 saturated carbocycles. The first-order valence-electron chi connectivity index (χ1n) is 20.7. The molecule has 2 heteroatoms. The molecule has 2 N–H and O–H groups in total. The van der Waals surface area contributed by atoms with Crippen LogP contribution in [0.1, 0.15) is 239 Å². The lowest BCUT2D eigenvalue weighted by molar-refractivity contribution is 0.150. The van der Waals surface area contributed by atoms with Crippen molar-refractivity contribution in [2.45, 2.75) is 245 Å². The number of aliphatic hydroxyl groups is 2. The summed E-state index contributed by atoms with van der Waals surface area (Å²) in [7, 11) is 0. The molecule has 44 heavy (non-hydrogen) atoms. The fourth-order valence-corrected chi connectivity index (χ4v) is 6.73. The topological polar surface area (TPSA) is 40.5 Å². The van der Waals surface area contributed by atoms with Gasteiger partial charge in [-0.2, -0.15) is 0 Å². The molecule has 0 radical (unpaired) electrons.